The lowest BCUT2D eigenvalue weighted by molar-refractivity contribution is -0.148. The fourth-order valence-corrected chi connectivity index (χ4v) is 2.07. The maximum Gasteiger partial charge on any atom is 0.337 e. The first kappa shape index (κ1) is 12.4. The zero-order valence-electron chi connectivity index (χ0n) is 10.4. The predicted molar refractivity (Wildman–Crippen MR) is 65.5 cm³/mol. The molecule has 1 unspecified atom stereocenters. The van der Waals surface area contributed by atoms with Crippen molar-refractivity contribution in [1.82, 2.24) is 9.13 Å². The van der Waals surface area contributed by atoms with Gasteiger partial charge in [-0.05, 0) is 17.7 Å². The van der Waals surface area contributed by atoms with Crippen LogP contribution in [0.5, 0.6) is 0 Å². The number of hydrogen-bond acceptors (Lipinski definition) is 3. The summed E-state index contributed by atoms with van der Waals surface area (Å²) < 4.78 is 7.93. The number of aryl methyl sites for hydroxylation is 2. The molecule has 0 aliphatic carbocycles. The molecule has 96 valence electrons. The van der Waals surface area contributed by atoms with E-state index in [2.05, 4.69) is 0 Å². The maximum absolute atomic E-state index is 11.8. The van der Waals surface area contributed by atoms with Gasteiger partial charge < -0.3 is 9.84 Å². The van der Waals surface area contributed by atoms with Crippen LogP contribution in [0.3, 0.4) is 0 Å². The van der Waals surface area contributed by atoms with Crippen molar-refractivity contribution in [2.45, 2.75) is 6.10 Å². The standard InChI is InChI=1S/C12H14N2O4/c1-13-8-5-4-7(10(18-3)11(15)16)6-9(8)14(2)12(13)17/h4-6,10H,1-3H3,(H,15,16). The number of aromatic nitrogens is 2. The molecule has 1 N–H and O–H groups in total. The minimum Gasteiger partial charge on any atom is -0.479 e. The van der Waals surface area contributed by atoms with Crippen molar-refractivity contribution in [3.63, 3.8) is 0 Å². The van der Waals surface area contributed by atoms with E-state index >= 15 is 0 Å². The van der Waals surface area contributed by atoms with E-state index in [1.54, 1.807) is 32.3 Å². The summed E-state index contributed by atoms with van der Waals surface area (Å²) in [6.45, 7) is 0. The quantitative estimate of drug-likeness (QED) is 0.868. The second kappa shape index (κ2) is 4.30. The fraction of sp³-hybridized carbons (Fsp3) is 0.333. The summed E-state index contributed by atoms with van der Waals surface area (Å²) in [5.74, 6) is -1.06. The van der Waals surface area contributed by atoms with Gasteiger partial charge in [0, 0.05) is 21.2 Å². The molecule has 1 aromatic carbocycles. The number of benzene rings is 1. The lowest BCUT2D eigenvalue weighted by atomic mass is 10.1. The molecule has 1 heterocycles. The van der Waals surface area contributed by atoms with Crippen LogP contribution >= 0.6 is 0 Å². The van der Waals surface area contributed by atoms with Gasteiger partial charge in [-0.2, -0.15) is 0 Å². The fourth-order valence-electron chi connectivity index (χ4n) is 2.07. The number of ether oxygens (including phenoxy) is 1. The average molecular weight is 250 g/mol. The summed E-state index contributed by atoms with van der Waals surface area (Å²) in [4.78, 5) is 22.8. The van der Waals surface area contributed by atoms with Gasteiger partial charge in [0.15, 0.2) is 6.10 Å². The largest absolute Gasteiger partial charge is 0.479 e. The summed E-state index contributed by atoms with van der Waals surface area (Å²) in [6.07, 6.45) is -1.02. The molecule has 6 nitrogen and oxygen atoms in total. The lowest BCUT2D eigenvalue weighted by Gasteiger charge is -2.10. The first-order chi connectivity index (χ1) is 8.47. The van der Waals surface area contributed by atoms with E-state index in [0.717, 1.165) is 5.52 Å². The van der Waals surface area contributed by atoms with Gasteiger partial charge in [-0.15, -0.1) is 0 Å². The Kier molecular flexibility index (Phi) is 2.96. The van der Waals surface area contributed by atoms with E-state index < -0.39 is 12.1 Å². The molecule has 0 aliphatic heterocycles. The van der Waals surface area contributed by atoms with Gasteiger partial charge in [-0.3, -0.25) is 9.13 Å². The molecule has 0 bridgehead atoms. The van der Waals surface area contributed by atoms with Crippen LogP contribution in [0, 0.1) is 0 Å². The third kappa shape index (κ3) is 1.70. The minimum absolute atomic E-state index is 0.147. The van der Waals surface area contributed by atoms with Crippen LogP contribution < -0.4 is 5.69 Å². The Morgan fingerprint density at radius 3 is 2.44 bits per heavy atom. The summed E-state index contributed by atoms with van der Waals surface area (Å²) in [7, 11) is 4.67. The van der Waals surface area contributed by atoms with Crippen LogP contribution in [-0.2, 0) is 23.6 Å². The van der Waals surface area contributed by atoms with Crippen LogP contribution in [0.1, 0.15) is 11.7 Å². The van der Waals surface area contributed by atoms with Gasteiger partial charge in [0.1, 0.15) is 0 Å². The Morgan fingerprint density at radius 2 is 1.89 bits per heavy atom. The topological polar surface area (TPSA) is 73.5 Å². The number of carboxylic acids is 1. The normalized spacial score (nSPS) is 12.8. The first-order valence-corrected chi connectivity index (χ1v) is 5.38. The molecule has 0 saturated carbocycles. The number of fused-ring (bicyclic) bond motifs is 1. The van der Waals surface area contributed by atoms with Crippen LogP contribution in [0.25, 0.3) is 11.0 Å². The van der Waals surface area contributed by atoms with Gasteiger partial charge in [-0.25, -0.2) is 9.59 Å². The highest BCUT2D eigenvalue weighted by Gasteiger charge is 2.20. The van der Waals surface area contributed by atoms with Gasteiger partial charge >= 0.3 is 11.7 Å². The van der Waals surface area contributed by atoms with Crippen LogP contribution in [0.4, 0.5) is 0 Å². The van der Waals surface area contributed by atoms with E-state index in [0.29, 0.717) is 11.1 Å². The number of aliphatic carboxylic acids is 1. The minimum atomic E-state index is -1.06. The molecule has 0 aliphatic rings. The zero-order chi connectivity index (χ0) is 13.4. The van der Waals surface area contributed by atoms with Gasteiger partial charge in [-0.1, -0.05) is 6.07 Å². The highest BCUT2D eigenvalue weighted by molar-refractivity contribution is 5.80. The number of methoxy groups -OCH3 is 1. The molecule has 0 saturated heterocycles. The molecule has 6 heteroatoms. The molecular weight excluding hydrogens is 236 g/mol. The number of hydrogen-bond donors (Lipinski definition) is 1. The molecule has 2 rings (SSSR count). The summed E-state index contributed by atoms with van der Waals surface area (Å²) in [6, 6.07) is 5.05. The SMILES string of the molecule is COC(C(=O)O)c1ccc2c(c1)n(C)c(=O)n2C. The molecule has 0 fully saturated rings. The molecule has 1 atom stereocenters. The Morgan fingerprint density at radius 1 is 1.28 bits per heavy atom. The molecule has 18 heavy (non-hydrogen) atoms. The Bertz CT molecular complexity index is 669. The van der Waals surface area contributed by atoms with E-state index in [4.69, 9.17) is 9.84 Å². The van der Waals surface area contributed by atoms with Crippen molar-refractivity contribution in [2.24, 2.45) is 14.1 Å². The van der Waals surface area contributed by atoms with E-state index in [1.807, 2.05) is 0 Å². The van der Waals surface area contributed by atoms with Gasteiger partial charge in [0.25, 0.3) is 0 Å². The maximum atomic E-state index is 11.8. The summed E-state index contributed by atoms with van der Waals surface area (Å²) in [5.41, 5.74) is 1.81. The van der Waals surface area contributed by atoms with E-state index in [-0.39, 0.29) is 5.69 Å². The number of imidazole rings is 1. The lowest BCUT2D eigenvalue weighted by Crippen LogP contribution is -2.19. The van der Waals surface area contributed by atoms with E-state index in [9.17, 15) is 9.59 Å². The summed E-state index contributed by atoms with van der Waals surface area (Å²) >= 11 is 0. The van der Waals surface area contributed by atoms with Crippen molar-refractivity contribution < 1.29 is 14.6 Å². The Labute approximate surface area is 103 Å². The van der Waals surface area contributed by atoms with Gasteiger partial charge in [0.05, 0.1) is 11.0 Å². The Hall–Kier alpha value is -2.08. The molecular formula is C12H14N2O4. The molecule has 1 aromatic heterocycles. The van der Waals surface area contributed by atoms with Crippen molar-refractivity contribution in [3.8, 4) is 0 Å². The summed E-state index contributed by atoms with van der Waals surface area (Å²) in [5, 5.41) is 9.03. The van der Waals surface area contributed by atoms with Crippen LogP contribution in [0.2, 0.25) is 0 Å². The zero-order valence-corrected chi connectivity index (χ0v) is 10.4. The third-order valence-electron chi connectivity index (χ3n) is 3.06. The van der Waals surface area contributed by atoms with Crippen molar-refractivity contribution in [2.75, 3.05) is 7.11 Å². The number of carbonyl (C=O) groups is 1. The highest BCUT2D eigenvalue weighted by atomic mass is 16.5. The van der Waals surface area contributed by atoms with E-state index in [1.165, 1.54) is 16.2 Å². The van der Waals surface area contributed by atoms with Crippen LogP contribution in [0.15, 0.2) is 23.0 Å². The number of carboxylic acid groups (broad SMARTS) is 1. The van der Waals surface area contributed by atoms with Crippen molar-refractivity contribution >= 4 is 17.0 Å². The number of rotatable bonds is 3. The van der Waals surface area contributed by atoms with Crippen LogP contribution in [-0.4, -0.2) is 27.3 Å². The second-order valence-corrected chi connectivity index (χ2v) is 4.10. The molecule has 0 spiro atoms. The molecule has 2 aromatic rings. The molecule has 0 amide bonds. The second-order valence-electron chi connectivity index (χ2n) is 4.10. The Balaban J connectivity index is 2.67. The monoisotopic (exact) mass is 250 g/mol. The smallest absolute Gasteiger partial charge is 0.337 e. The van der Waals surface area contributed by atoms with Crippen molar-refractivity contribution in [3.05, 3.63) is 34.2 Å². The highest BCUT2D eigenvalue weighted by Crippen LogP contribution is 2.21. The number of nitrogens with zero attached hydrogens (tertiary/aromatic N) is 2. The third-order valence-corrected chi connectivity index (χ3v) is 3.06. The average Bonchev–Trinajstić information content (AvgIpc) is 2.55. The van der Waals surface area contributed by atoms with Gasteiger partial charge in [0.2, 0.25) is 0 Å². The molecule has 0 radical (unpaired) electrons. The van der Waals surface area contributed by atoms with Crippen molar-refractivity contribution in [1.29, 1.82) is 0 Å². The first-order valence-electron chi connectivity index (χ1n) is 5.38. The predicted octanol–water partition coefficient (Wildman–Crippen LogP) is 0.649.